The van der Waals surface area contributed by atoms with Gasteiger partial charge in [0.1, 0.15) is 0 Å². The van der Waals surface area contributed by atoms with E-state index in [0.717, 1.165) is 84.1 Å². The third-order valence-corrected chi connectivity index (χ3v) is 6.12. The number of benzene rings is 1. The normalized spacial score (nSPS) is 20.0. The fourth-order valence-electron chi connectivity index (χ4n) is 4.47. The van der Waals surface area contributed by atoms with Gasteiger partial charge in [0, 0.05) is 53.1 Å². The average Bonchev–Trinajstić information content (AvgIpc) is 2.81. The molecule has 3 rings (SSSR count). The molecule has 0 saturated carbocycles. The highest BCUT2D eigenvalue weighted by Crippen LogP contribution is 2.32. The van der Waals surface area contributed by atoms with E-state index in [2.05, 4.69) is 41.4 Å². The summed E-state index contributed by atoms with van der Waals surface area (Å²) in [6.07, 6.45) is 8.18. The van der Waals surface area contributed by atoms with Crippen LogP contribution in [0.3, 0.4) is 0 Å². The number of ether oxygens (including phenoxy) is 3. The molecule has 1 atom stereocenters. The molecule has 2 aliphatic rings. The summed E-state index contributed by atoms with van der Waals surface area (Å²) in [5.74, 6) is 1.03. The van der Waals surface area contributed by atoms with Crippen LogP contribution in [0.5, 0.6) is 0 Å². The number of piperidine rings is 1. The molecule has 6 nitrogen and oxygen atoms in total. The van der Waals surface area contributed by atoms with Gasteiger partial charge in [0.05, 0.1) is 12.2 Å². The van der Waals surface area contributed by atoms with Crippen LogP contribution in [0.2, 0.25) is 0 Å². The summed E-state index contributed by atoms with van der Waals surface area (Å²) in [6.45, 7) is 8.13. The van der Waals surface area contributed by atoms with Gasteiger partial charge in [-0.05, 0) is 63.0 Å². The van der Waals surface area contributed by atoms with Crippen LogP contribution in [-0.2, 0) is 20.6 Å². The van der Waals surface area contributed by atoms with Gasteiger partial charge in [0.2, 0.25) is 0 Å². The first-order valence-corrected chi connectivity index (χ1v) is 12.1. The molecule has 1 aromatic rings. The zero-order valence-electron chi connectivity index (χ0n) is 19.5. The van der Waals surface area contributed by atoms with Crippen molar-refractivity contribution in [2.75, 3.05) is 53.1 Å². The largest absolute Gasteiger partial charge is 0.385 e. The zero-order valence-corrected chi connectivity index (χ0v) is 19.5. The predicted molar refractivity (Wildman–Crippen MR) is 126 cm³/mol. The van der Waals surface area contributed by atoms with Crippen LogP contribution in [-0.4, -0.2) is 70.1 Å². The van der Waals surface area contributed by atoms with Gasteiger partial charge in [-0.25, -0.2) is 0 Å². The van der Waals surface area contributed by atoms with Gasteiger partial charge < -0.3 is 24.4 Å². The number of nitrogens with one attached hydrogen (secondary N) is 1. The summed E-state index contributed by atoms with van der Waals surface area (Å²) in [6, 6.07) is 8.73. The molecule has 1 saturated heterocycles. The van der Waals surface area contributed by atoms with E-state index in [4.69, 9.17) is 19.2 Å². The number of aliphatic imine (C=N–C) groups is 1. The Hall–Kier alpha value is -1.63. The minimum Gasteiger partial charge on any atom is -0.385 e. The molecule has 1 unspecified atom stereocenters. The van der Waals surface area contributed by atoms with Crippen LogP contribution in [0.25, 0.3) is 0 Å². The Morgan fingerprint density at radius 3 is 2.68 bits per heavy atom. The van der Waals surface area contributed by atoms with E-state index in [1.807, 2.05) is 0 Å². The van der Waals surface area contributed by atoms with E-state index in [1.165, 1.54) is 24.0 Å². The Labute approximate surface area is 188 Å². The Bertz CT molecular complexity index is 659. The second kappa shape index (κ2) is 13.7. The first-order chi connectivity index (χ1) is 15.3. The summed E-state index contributed by atoms with van der Waals surface area (Å²) in [5, 5.41) is 3.46. The first kappa shape index (κ1) is 24.0. The maximum Gasteiger partial charge on any atom is 0.193 e. The number of guanidine groups is 1. The zero-order chi connectivity index (χ0) is 21.7. The molecule has 174 valence electrons. The number of nitrogens with zero attached hydrogens (tertiary/aromatic N) is 2. The molecule has 6 heteroatoms. The van der Waals surface area contributed by atoms with Crippen molar-refractivity contribution in [1.29, 1.82) is 0 Å². The minimum atomic E-state index is 0.255. The van der Waals surface area contributed by atoms with Crippen LogP contribution < -0.4 is 5.32 Å². The number of rotatable bonds is 11. The lowest BCUT2D eigenvalue weighted by atomic mass is 9.89. The highest BCUT2D eigenvalue weighted by molar-refractivity contribution is 5.80. The van der Waals surface area contributed by atoms with Crippen LogP contribution in [0.15, 0.2) is 29.3 Å². The summed E-state index contributed by atoms with van der Waals surface area (Å²) in [7, 11) is 1.74. The standard InChI is InChI=1S/C25H41N3O3/c1-3-26-25(28-16-13-22(14-17-28)30-20-8-18-29-2)27-15-7-19-31-24-12-6-10-21-9-4-5-11-23(21)24/h4-5,9,11,22,24H,3,6-8,10,12-20H2,1-2H3,(H,26,27). The monoisotopic (exact) mass is 431 g/mol. The summed E-state index contributed by atoms with van der Waals surface area (Å²) < 4.78 is 17.3. The smallest absolute Gasteiger partial charge is 0.193 e. The van der Waals surface area contributed by atoms with Gasteiger partial charge in [-0.2, -0.15) is 0 Å². The van der Waals surface area contributed by atoms with Crippen molar-refractivity contribution < 1.29 is 14.2 Å². The van der Waals surface area contributed by atoms with E-state index < -0.39 is 0 Å². The lowest BCUT2D eigenvalue weighted by molar-refractivity contribution is 0.00989. The highest BCUT2D eigenvalue weighted by Gasteiger charge is 2.22. The van der Waals surface area contributed by atoms with Gasteiger partial charge >= 0.3 is 0 Å². The highest BCUT2D eigenvalue weighted by atomic mass is 16.5. The van der Waals surface area contributed by atoms with Gasteiger partial charge in [0.15, 0.2) is 5.96 Å². The lowest BCUT2D eigenvalue weighted by Crippen LogP contribution is -2.47. The van der Waals surface area contributed by atoms with Crippen molar-refractivity contribution in [3.63, 3.8) is 0 Å². The quantitative estimate of drug-likeness (QED) is 0.327. The third kappa shape index (κ3) is 7.78. The Kier molecular flexibility index (Phi) is 10.6. The van der Waals surface area contributed by atoms with Crippen LogP contribution in [0.1, 0.15) is 62.7 Å². The third-order valence-electron chi connectivity index (χ3n) is 6.12. The average molecular weight is 432 g/mol. The molecule has 1 fully saturated rings. The van der Waals surface area contributed by atoms with Crippen molar-refractivity contribution in [3.05, 3.63) is 35.4 Å². The summed E-state index contributed by atoms with van der Waals surface area (Å²) >= 11 is 0. The summed E-state index contributed by atoms with van der Waals surface area (Å²) in [5.41, 5.74) is 2.84. The first-order valence-electron chi connectivity index (χ1n) is 12.1. The van der Waals surface area contributed by atoms with Crippen molar-refractivity contribution in [1.82, 2.24) is 10.2 Å². The minimum absolute atomic E-state index is 0.255. The van der Waals surface area contributed by atoms with E-state index in [0.29, 0.717) is 6.10 Å². The molecule has 0 aromatic heterocycles. The molecule has 1 N–H and O–H groups in total. The molecule has 0 radical (unpaired) electrons. The Morgan fingerprint density at radius 1 is 1.06 bits per heavy atom. The molecule has 0 bridgehead atoms. The number of hydrogen-bond acceptors (Lipinski definition) is 4. The second-order valence-corrected chi connectivity index (χ2v) is 8.44. The van der Waals surface area contributed by atoms with Crippen LogP contribution >= 0.6 is 0 Å². The second-order valence-electron chi connectivity index (χ2n) is 8.44. The van der Waals surface area contributed by atoms with Crippen molar-refractivity contribution in [3.8, 4) is 0 Å². The van der Waals surface area contributed by atoms with Gasteiger partial charge in [-0.15, -0.1) is 0 Å². The molecule has 0 spiro atoms. The van der Waals surface area contributed by atoms with Crippen molar-refractivity contribution in [2.45, 2.75) is 64.1 Å². The van der Waals surface area contributed by atoms with E-state index >= 15 is 0 Å². The molecule has 31 heavy (non-hydrogen) atoms. The van der Waals surface area contributed by atoms with Gasteiger partial charge in [-0.1, -0.05) is 24.3 Å². The van der Waals surface area contributed by atoms with E-state index in [9.17, 15) is 0 Å². The Morgan fingerprint density at radius 2 is 1.87 bits per heavy atom. The maximum atomic E-state index is 6.24. The van der Waals surface area contributed by atoms with Crippen LogP contribution in [0.4, 0.5) is 0 Å². The number of aryl methyl sites for hydroxylation is 1. The Balaban J connectivity index is 1.37. The predicted octanol–water partition coefficient (Wildman–Crippen LogP) is 3.95. The summed E-state index contributed by atoms with van der Waals surface area (Å²) in [4.78, 5) is 7.24. The van der Waals surface area contributed by atoms with E-state index in [-0.39, 0.29) is 6.10 Å². The maximum absolute atomic E-state index is 6.24. The number of likely N-dealkylation sites (tertiary alicyclic amines) is 1. The molecule has 1 aliphatic carbocycles. The number of hydrogen-bond donors (Lipinski definition) is 1. The lowest BCUT2D eigenvalue weighted by Gasteiger charge is -2.34. The van der Waals surface area contributed by atoms with E-state index in [1.54, 1.807) is 7.11 Å². The van der Waals surface area contributed by atoms with Crippen molar-refractivity contribution >= 4 is 5.96 Å². The van der Waals surface area contributed by atoms with Gasteiger partial charge in [-0.3, -0.25) is 4.99 Å². The molecule has 1 heterocycles. The SMILES string of the molecule is CCNC(=NCCCOC1CCCc2ccccc21)N1CCC(OCCCOC)CC1. The molecule has 1 aliphatic heterocycles. The van der Waals surface area contributed by atoms with Crippen LogP contribution in [0, 0.1) is 0 Å². The molecule has 1 aromatic carbocycles. The molecule has 0 amide bonds. The number of methoxy groups -OCH3 is 1. The number of fused-ring (bicyclic) bond motifs is 1. The van der Waals surface area contributed by atoms with Crippen molar-refractivity contribution in [2.24, 2.45) is 4.99 Å². The fourth-order valence-corrected chi connectivity index (χ4v) is 4.47. The fraction of sp³-hybridized carbons (Fsp3) is 0.720. The molecular formula is C25H41N3O3. The molecular weight excluding hydrogens is 390 g/mol. The van der Waals surface area contributed by atoms with Gasteiger partial charge in [0.25, 0.3) is 0 Å². The topological polar surface area (TPSA) is 55.3 Å².